The molecule has 1 fully saturated rings. The summed E-state index contributed by atoms with van der Waals surface area (Å²) in [4.78, 5) is 13.8. The van der Waals surface area contributed by atoms with Crippen LogP contribution in [0.1, 0.15) is 5.56 Å². The number of carbonyl (C=O) groups is 1. The van der Waals surface area contributed by atoms with Crippen LogP contribution in [0.2, 0.25) is 0 Å². The summed E-state index contributed by atoms with van der Waals surface area (Å²) >= 11 is 0. The molecular formula is C29H24N2O2. The summed E-state index contributed by atoms with van der Waals surface area (Å²) in [5, 5.41) is 3.69. The van der Waals surface area contributed by atoms with Crippen molar-refractivity contribution in [1.29, 1.82) is 0 Å². The van der Waals surface area contributed by atoms with Crippen LogP contribution in [0.5, 0.6) is 5.75 Å². The minimum atomic E-state index is -1.08. The first-order chi connectivity index (χ1) is 16.3. The van der Waals surface area contributed by atoms with E-state index in [0.717, 1.165) is 16.9 Å². The molecule has 1 heterocycles. The van der Waals surface area contributed by atoms with Crippen molar-refractivity contribution in [2.45, 2.75) is 5.60 Å². The van der Waals surface area contributed by atoms with Crippen LogP contribution in [0.3, 0.4) is 0 Å². The number of hydrogen-bond donors (Lipinski definition) is 0. The van der Waals surface area contributed by atoms with E-state index in [9.17, 15) is 4.79 Å². The molecule has 0 aliphatic carbocycles. The van der Waals surface area contributed by atoms with Crippen molar-refractivity contribution in [1.82, 2.24) is 5.01 Å². The lowest BCUT2D eigenvalue weighted by Gasteiger charge is -2.51. The monoisotopic (exact) mass is 432 g/mol. The van der Waals surface area contributed by atoms with Gasteiger partial charge in [0.2, 0.25) is 5.60 Å². The van der Waals surface area contributed by atoms with Gasteiger partial charge in [0.1, 0.15) is 5.75 Å². The number of anilines is 2. The van der Waals surface area contributed by atoms with Gasteiger partial charge in [-0.25, -0.2) is 5.01 Å². The molecule has 0 saturated carbocycles. The lowest BCUT2D eigenvalue weighted by molar-refractivity contribution is -0.163. The molecular weight excluding hydrogens is 408 g/mol. The number of para-hydroxylation sites is 3. The highest BCUT2D eigenvalue weighted by molar-refractivity contribution is 5.97. The Hall–Kier alpha value is -4.31. The largest absolute Gasteiger partial charge is 0.471 e. The summed E-state index contributed by atoms with van der Waals surface area (Å²) in [5.74, 6) is 0.542. The minimum absolute atomic E-state index is 0.119. The van der Waals surface area contributed by atoms with Gasteiger partial charge >= 0.3 is 0 Å². The average Bonchev–Trinajstić information content (AvgIpc) is 2.89. The summed E-state index contributed by atoms with van der Waals surface area (Å²) in [6, 6.07) is 39.3. The number of hydrogen-bond acceptors (Lipinski definition) is 3. The van der Waals surface area contributed by atoms with Crippen molar-refractivity contribution in [2.24, 2.45) is 0 Å². The molecule has 4 nitrogen and oxygen atoms in total. The molecule has 1 saturated heterocycles. The summed E-state index contributed by atoms with van der Waals surface area (Å²) in [5.41, 5.74) is 1.76. The lowest BCUT2D eigenvalue weighted by atomic mass is 9.92. The maximum absolute atomic E-state index is 13.8. The van der Waals surface area contributed by atoms with E-state index in [0.29, 0.717) is 12.3 Å². The Morgan fingerprint density at radius 1 is 0.697 bits per heavy atom. The van der Waals surface area contributed by atoms with Crippen LogP contribution < -0.4 is 9.75 Å². The van der Waals surface area contributed by atoms with Gasteiger partial charge in [-0.1, -0.05) is 91.0 Å². The van der Waals surface area contributed by atoms with Gasteiger partial charge in [0, 0.05) is 0 Å². The molecule has 5 rings (SSSR count). The summed E-state index contributed by atoms with van der Waals surface area (Å²) < 4.78 is 6.32. The van der Waals surface area contributed by atoms with Gasteiger partial charge in [-0.2, -0.15) is 0 Å². The highest BCUT2D eigenvalue weighted by Gasteiger charge is 2.55. The molecule has 0 bridgehead atoms. The Morgan fingerprint density at radius 2 is 1.18 bits per heavy atom. The Kier molecular flexibility index (Phi) is 5.64. The van der Waals surface area contributed by atoms with Crippen LogP contribution in [0.25, 0.3) is 6.08 Å². The van der Waals surface area contributed by atoms with Crippen molar-refractivity contribution >= 4 is 23.4 Å². The van der Waals surface area contributed by atoms with E-state index in [2.05, 4.69) is 0 Å². The molecule has 1 aliphatic rings. The Labute approximate surface area is 193 Å². The van der Waals surface area contributed by atoms with Gasteiger partial charge in [0.05, 0.1) is 17.9 Å². The second-order valence-electron chi connectivity index (χ2n) is 7.89. The molecule has 4 aromatic rings. The molecule has 0 N–H and O–H groups in total. The van der Waals surface area contributed by atoms with Crippen molar-refractivity contribution in [2.75, 3.05) is 11.6 Å². The Morgan fingerprint density at radius 3 is 1.70 bits per heavy atom. The van der Waals surface area contributed by atoms with Gasteiger partial charge in [-0.15, -0.1) is 0 Å². The smallest absolute Gasteiger partial charge is 0.291 e. The van der Waals surface area contributed by atoms with Crippen molar-refractivity contribution in [3.05, 3.63) is 133 Å². The minimum Gasteiger partial charge on any atom is -0.471 e. The highest BCUT2D eigenvalue weighted by Crippen LogP contribution is 2.38. The van der Waals surface area contributed by atoms with E-state index in [1.165, 1.54) is 0 Å². The zero-order valence-electron chi connectivity index (χ0n) is 18.1. The fourth-order valence-corrected chi connectivity index (χ4v) is 3.94. The molecule has 1 amide bonds. The number of hydrazine groups is 1. The number of ether oxygens (including phenoxy) is 1. The summed E-state index contributed by atoms with van der Waals surface area (Å²) in [6.07, 6.45) is 3.83. The second kappa shape index (κ2) is 9.05. The lowest BCUT2D eigenvalue weighted by Crippen LogP contribution is -2.72. The zero-order chi connectivity index (χ0) is 22.5. The van der Waals surface area contributed by atoms with Crippen LogP contribution in [-0.4, -0.2) is 23.1 Å². The normalized spacial score (nSPS) is 17.6. The standard InChI is InChI=1S/C29H24N2O2/c32-28-29(33-27-19-11-4-12-20-27,22-21-24-13-5-1-6-14-24)23-30(28)31(25-15-7-2-8-16-25)26-17-9-3-10-18-26/h1-22H,23H2/b22-21+/t29-/m0/s1. The van der Waals surface area contributed by atoms with Crippen molar-refractivity contribution in [3.8, 4) is 5.75 Å². The number of benzene rings is 4. The SMILES string of the molecule is O=C1N(N(c2ccccc2)c2ccccc2)C[C@]1(/C=C/c1ccccc1)Oc1ccccc1. The number of amides is 1. The van der Waals surface area contributed by atoms with E-state index >= 15 is 0 Å². The third-order valence-electron chi connectivity index (χ3n) is 5.61. The maximum atomic E-state index is 13.8. The Balaban J connectivity index is 1.50. The quantitative estimate of drug-likeness (QED) is 0.330. The third kappa shape index (κ3) is 4.23. The van der Waals surface area contributed by atoms with Gasteiger partial charge in [-0.3, -0.25) is 9.80 Å². The van der Waals surface area contributed by atoms with Crippen molar-refractivity contribution in [3.63, 3.8) is 0 Å². The zero-order valence-corrected chi connectivity index (χ0v) is 18.1. The number of β-lactam (4-membered cyclic amide) rings is 1. The topological polar surface area (TPSA) is 32.8 Å². The van der Waals surface area contributed by atoms with E-state index in [4.69, 9.17) is 4.74 Å². The van der Waals surface area contributed by atoms with E-state index < -0.39 is 5.60 Å². The molecule has 0 spiro atoms. The van der Waals surface area contributed by atoms with Gasteiger partial charge in [0.15, 0.2) is 0 Å². The van der Waals surface area contributed by atoms with Crippen molar-refractivity contribution < 1.29 is 9.53 Å². The summed E-state index contributed by atoms with van der Waals surface area (Å²) in [7, 11) is 0. The molecule has 0 unspecified atom stereocenters. The molecule has 162 valence electrons. The molecule has 1 aliphatic heterocycles. The summed E-state index contributed by atoms with van der Waals surface area (Å²) in [6.45, 7) is 0.383. The molecule has 4 aromatic carbocycles. The number of carbonyl (C=O) groups excluding carboxylic acids is 1. The molecule has 0 radical (unpaired) electrons. The molecule has 0 aromatic heterocycles. The fraction of sp³-hybridized carbons (Fsp3) is 0.0690. The van der Waals surface area contributed by atoms with Crippen LogP contribution in [-0.2, 0) is 4.79 Å². The second-order valence-corrected chi connectivity index (χ2v) is 7.89. The van der Waals surface area contributed by atoms with Gasteiger partial charge < -0.3 is 4.74 Å². The average molecular weight is 433 g/mol. The molecule has 4 heteroatoms. The van der Waals surface area contributed by atoms with E-state index in [-0.39, 0.29) is 5.91 Å². The van der Waals surface area contributed by atoms with Gasteiger partial charge in [-0.05, 0) is 48.0 Å². The predicted molar refractivity (Wildman–Crippen MR) is 132 cm³/mol. The highest BCUT2D eigenvalue weighted by atomic mass is 16.5. The van der Waals surface area contributed by atoms with E-state index in [1.807, 2.05) is 138 Å². The van der Waals surface area contributed by atoms with Crippen LogP contribution in [0.4, 0.5) is 11.4 Å². The number of nitrogens with zero attached hydrogens (tertiary/aromatic N) is 2. The van der Waals surface area contributed by atoms with Crippen LogP contribution in [0, 0.1) is 0 Å². The predicted octanol–water partition coefficient (Wildman–Crippen LogP) is 6.11. The van der Waals surface area contributed by atoms with Crippen LogP contribution >= 0.6 is 0 Å². The first-order valence-electron chi connectivity index (χ1n) is 11.0. The molecule has 33 heavy (non-hydrogen) atoms. The number of rotatable bonds is 7. The maximum Gasteiger partial charge on any atom is 0.291 e. The van der Waals surface area contributed by atoms with Gasteiger partial charge in [0.25, 0.3) is 5.91 Å². The fourth-order valence-electron chi connectivity index (χ4n) is 3.94. The Bertz CT molecular complexity index is 1190. The van der Waals surface area contributed by atoms with Crippen LogP contribution in [0.15, 0.2) is 127 Å². The first kappa shape index (κ1) is 20.6. The first-order valence-corrected chi connectivity index (χ1v) is 11.0. The molecule has 1 atom stereocenters. The third-order valence-corrected chi connectivity index (χ3v) is 5.61. The van der Waals surface area contributed by atoms with E-state index in [1.54, 1.807) is 5.01 Å².